The van der Waals surface area contributed by atoms with E-state index in [0.717, 1.165) is 0 Å². The second-order valence-electron chi connectivity index (χ2n) is 4.74. The molecule has 1 heterocycles. The lowest BCUT2D eigenvalue weighted by Gasteiger charge is -2.32. The van der Waals surface area contributed by atoms with Crippen LogP contribution >= 0.6 is 0 Å². The van der Waals surface area contributed by atoms with Crippen LogP contribution in [0.5, 0.6) is 5.75 Å². The lowest BCUT2D eigenvalue weighted by molar-refractivity contribution is -0.0167. The van der Waals surface area contributed by atoms with Gasteiger partial charge in [-0.3, -0.25) is 4.79 Å². The van der Waals surface area contributed by atoms with Gasteiger partial charge < -0.3 is 25.2 Å². The summed E-state index contributed by atoms with van der Waals surface area (Å²) in [6.45, 7) is 1.57. The Kier molecular flexibility index (Phi) is 4.77. The number of methoxy groups -OCH3 is 1. The normalized spacial score (nSPS) is 18.4. The zero-order valence-corrected chi connectivity index (χ0v) is 11.7. The molecule has 0 radical (unpaired) electrons. The molecule has 0 spiro atoms. The van der Waals surface area contributed by atoms with Crippen LogP contribution in [0, 0.1) is 0 Å². The van der Waals surface area contributed by atoms with Crippen molar-refractivity contribution in [3.63, 3.8) is 0 Å². The number of amides is 1. The third-order valence-electron chi connectivity index (χ3n) is 3.27. The van der Waals surface area contributed by atoms with Crippen LogP contribution in [0.3, 0.4) is 0 Å². The Bertz CT molecular complexity index is 546. The van der Waals surface area contributed by atoms with Gasteiger partial charge in [0.1, 0.15) is 5.75 Å². The Morgan fingerprint density at radius 2 is 2.14 bits per heavy atom. The average Bonchev–Trinajstić information content (AvgIpc) is 2.52. The average molecular weight is 294 g/mol. The molecular formula is C14H18N2O5. The highest BCUT2D eigenvalue weighted by Crippen LogP contribution is 2.19. The summed E-state index contributed by atoms with van der Waals surface area (Å²) < 4.78 is 10.00. The molecule has 1 aromatic rings. The number of hydrogen-bond acceptors (Lipinski definition) is 6. The minimum absolute atomic E-state index is 0.129. The van der Waals surface area contributed by atoms with Crippen molar-refractivity contribution in [2.75, 3.05) is 33.4 Å². The molecule has 0 saturated carbocycles. The van der Waals surface area contributed by atoms with E-state index in [9.17, 15) is 14.7 Å². The third-order valence-corrected chi connectivity index (χ3v) is 3.27. The molecule has 0 aromatic heterocycles. The van der Waals surface area contributed by atoms with Gasteiger partial charge in [-0.05, 0) is 18.2 Å². The van der Waals surface area contributed by atoms with Crippen molar-refractivity contribution in [3.8, 4) is 5.75 Å². The van der Waals surface area contributed by atoms with E-state index in [1.54, 1.807) is 4.90 Å². The number of hydrogen-bond donors (Lipinski definition) is 2. The number of morpholine rings is 1. The number of ether oxygens (including phenoxy) is 2. The van der Waals surface area contributed by atoms with Crippen molar-refractivity contribution in [2.24, 2.45) is 5.73 Å². The van der Waals surface area contributed by atoms with Gasteiger partial charge in [0.25, 0.3) is 5.91 Å². The summed E-state index contributed by atoms with van der Waals surface area (Å²) >= 11 is 0. The SMILES string of the molecule is COC(=O)c1cc(O)cc(C(=O)N2CCO[C@@H](CN)C2)c1. The Balaban J connectivity index is 2.22. The molecule has 1 amide bonds. The molecule has 1 aliphatic heterocycles. The third kappa shape index (κ3) is 3.50. The molecule has 1 fully saturated rings. The van der Waals surface area contributed by atoms with Crippen molar-refractivity contribution in [2.45, 2.75) is 6.10 Å². The highest BCUT2D eigenvalue weighted by atomic mass is 16.5. The second-order valence-corrected chi connectivity index (χ2v) is 4.74. The van der Waals surface area contributed by atoms with Crippen LogP contribution in [0.2, 0.25) is 0 Å². The minimum Gasteiger partial charge on any atom is -0.508 e. The van der Waals surface area contributed by atoms with Gasteiger partial charge in [-0.25, -0.2) is 4.79 Å². The number of nitrogens with zero attached hydrogens (tertiary/aromatic N) is 1. The molecule has 21 heavy (non-hydrogen) atoms. The quantitative estimate of drug-likeness (QED) is 0.760. The zero-order valence-electron chi connectivity index (χ0n) is 11.7. The lowest BCUT2D eigenvalue weighted by atomic mass is 10.1. The molecule has 1 aliphatic rings. The predicted octanol–water partition coefficient (Wildman–Crippen LogP) is -0.0215. The maximum absolute atomic E-state index is 12.4. The number of rotatable bonds is 3. The van der Waals surface area contributed by atoms with Crippen LogP contribution in [-0.2, 0) is 9.47 Å². The number of carbonyl (C=O) groups excluding carboxylic acids is 2. The summed E-state index contributed by atoms with van der Waals surface area (Å²) in [5.74, 6) is -1.05. The predicted molar refractivity (Wildman–Crippen MR) is 74.1 cm³/mol. The van der Waals surface area contributed by atoms with E-state index in [0.29, 0.717) is 26.2 Å². The maximum atomic E-state index is 12.4. The molecule has 7 nitrogen and oxygen atoms in total. The van der Waals surface area contributed by atoms with Crippen LogP contribution in [0.25, 0.3) is 0 Å². The summed E-state index contributed by atoms with van der Waals surface area (Å²) in [6, 6.07) is 3.98. The van der Waals surface area contributed by atoms with Crippen LogP contribution < -0.4 is 5.73 Å². The van der Waals surface area contributed by atoms with Crippen molar-refractivity contribution < 1.29 is 24.2 Å². The van der Waals surface area contributed by atoms with E-state index in [4.69, 9.17) is 10.5 Å². The van der Waals surface area contributed by atoms with E-state index in [2.05, 4.69) is 4.74 Å². The first kappa shape index (κ1) is 15.3. The molecular weight excluding hydrogens is 276 g/mol. The summed E-state index contributed by atoms with van der Waals surface area (Å²) in [5.41, 5.74) is 5.90. The first-order chi connectivity index (χ1) is 10.0. The van der Waals surface area contributed by atoms with Crippen LogP contribution in [0.1, 0.15) is 20.7 Å². The van der Waals surface area contributed by atoms with Gasteiger partial charge in [-0.1, -0.05) is 0 Å². The van der Waals surface area contributed by atoms with Gasteiger partial charge in [-0.2, -0.15) is 0 Å². The Hall–Kier alpha value is -2.12. The number of carbonyl (C=O) groups is 2. The molecule has 1 saturated heterocycles. The van der Waals surface area contributed by atoms with E-state index in [1.807, 2.05) is 0 Å². The van der Waals surface area contributed by atoms with Gasteiger partial charge >= 0.3 is 5.97 Å². The second kappa shape index (κ2) is 6.55. The fourth-order valence-corrected chi connectivity index (χ4v) is 2.20. The van der Waals surface area contributed by atoms with Crippen LogP contribution in [-0.4, -0.2) is 61.3 Å². The van der Waals surface area contributed by atoms with Crippen molar-refractivity contribution >= 4 is 11.9 Å². The number of phenols is 1. The minimum atomic E-state index is -0.609. The molecule has 0 unspecified atom stereocenters. The van der Waals surface area contributed by atoms with E-state index in [-0.39, 0.29) is 28.9 Å². The van der Waals surface area contributed by atoms with Crippen LogP contribution in [0.4, 0.5) is 0 Å². The smallest absolute Gasteiger partial charge is 0.338 e. The van der Waals surface area contributed by atoms with Crippen molar-refractivity contribution in [1.82, 2.24) is 4.90 Å². The van der Waals surface area contributed by atoms with E-state index >= 15 is 0 Å². The van der Waals surface area contributed by atoms with Gasteiger partial charge in [0, 0.05) is 25.2 Å². The molecule has 114 valence electrons. The highest BCUT2D eigenvalue weighted by Gasteiger charge is 2.25. The molecule has 3 N–H and O–H groups in total. The monoisotopic (exact) mass is 294 g/mol. The topological polar surface area (TPSA) is 102 Å². The highest BCUT2D eigenvalue weighted by molar-refractivity contribution is 5.98. The maximum Gasteiger partial charge on any atom is 0.338 e. The number of benzene rings is 1. The number of phenolic OH excluding ortho intramolecular Hbond substituents is 1. The van der Waals surface area contributed by atoms with Gasteiger partial charge in [0.05, 0.1) is 25.4 Å². The Morgan fingerprint density at radius 3 is 2.81 bits per heavy atom. The molecule has 7 heteroatoms. The Morgan fingerprint density at radius 1 is 1.43 bits per heavy atom. The fraction of sp³-hybridized carbons (Fsp3) is 0.429. The standard InChI is InChI=1S/C14H18N2O5/c1-20-14(19)10-4-9(5-11(17)6-10)13(18)16-2-3-21-12(7-15)8-16/h4-6,12,17H,2-3,7-8,15H2,1H3/t12-/m0/s1. The number of nitrogens with two attached hydrogens (primary N) is 1. The van der Waals surface area contributed by atoms with E-state index < -0.39 is 5.97 Å². The lowest BCUT2D eigenvalue weighted by Crippen LogP contribution is -2.48. The largest absolute Gasteiger partial charge is 0.508 e. The van der Waals surface area contributed by atoms with Crippen LogP contribution in [0.15, 0.2) is 18.2 Å². The molecule has 1 atom stereocenters. The summed E-state index contributed by atoms with van der Waals surface area (Å²) in [4.78, 5) is 25.6. The zero-order chi connectivity index (χ0) is 15.4. The molecule has 0 aliphatic carbocycles. The van der Waals surface area contributed by atoms with Crippen molar-refractivity contribution in [1.29, 1.82) is 0 Å². The van der Waals surface area contributed by atoms with Gasteiger partial charge in [0.2, 0.25) is 0 Å². The first-order valence-electron chi connectivity index (χ1n) is 6.58. The molecule has 1 aromatic carbocycles. The summed E-state index contributed by atoms with van der Waals surface area (Å²) in [7, 11) is 1.24. The summed E-state index contributed by atoms with van der Waals surface area (Å²) in [5, 5.41) is 9.66. The van der Waals surface area contributed by atoms with Gasteiger partial charge in [-0.15, -0.1) is 0 Å². The van der Waals surface area contributed by atoms with Gasteiger partial charge in [0.15, 0.2) is 0 Å². The van der Waals surface area contributed by atoms with Crippen molar-refractivity contribution in [3.05, 3.63) is 29.3 Å². The Labute approximate surface area is 122 Å². The van der Waals surface area contributed by atoms with E-state index in [1.165, 1.54) is 25.3 Å². The first-order valence-corrected chi connectivity index (χ1v) is 6.58. The number of esters is 1. The molecule has 2 rings (SSSR count). The fourth-order valence-electron chi connectivity index (χ4n) is 2.20. The number of aromatic hydroxyl groups is 1. The summed E-state index contributed by atoms with van der Waals surface area (Å²) in [6.07, 6.45) is -0.194. The molecule has 0 bridgehead atoms.